The van der Waals surface area contributed by atoms with Gasteiger partial charge in [0.25, 0.3) is 0 Å². The Balaban J connectivity index is 1.95. The number of fused-ring (bicyclic) bond motifs is 3. The number of esters is 1. The van der Waals surface area contributed by atoms with Crippen LogP contribution in [0.3, 0.4) is 0 Å². The van der Waals surface area contributed by atoms with Crippen LogP contribution in [-0.2, 0) is 4.74 Å². The van der Waals surface area contributed by atoms with Gasteiger partial charge in [0.05, 0.1) is 40.1 Å². The molecule has 0 saturated carbocycles. The molecule has 0 saturated heterocycles. The van der Waals surface area contributed by atoms with Crippen molar-refractivity contribution >= 4 is 22.3 Å². The Morgan fingerprint density at radius 1 is 0.718 bits per heavy atom. The van der Waals surface area contributed by atoms with Gasteiger partial charge in [0.15, 0.2) is 11.5 Å². The molecule has 0 aliphatic carbocycles. The summed E-state index contributed by atoms with van der Waals surface area (Å²) < 4.78 is 29.8. The van der Waals surface area contributed by atoms with E-state index in [2.05, 4.69) is 0 Å². The van der Waals surface area contributed by atoms with Gasteiger partial charge in [-0.1, -0.05) is 24.3 Å². The lowest BCUT2D eigenvalue weighted by Crippen LogP contribution is -2.07. The number of nitrogens with zero attached hydrogens (tertiary/aromatic N) is 1. The summed E-state index contributed by atoms with van der Waals surface area (Å²) in [6, 6.07) is 21.4. The molecule has 0 spiro atoms. The maximum Gasteiger partial charge on any atom is 0.355 e. The second-order valence-corrected chi connectivity index (χ2v) is 9.34. The summed E-state index contributed by atoms with van der Waals surface area (Å²) in [4.78, 5) is 13.4. The molecule has 0 atom stereocenters. The second-order valence-electron chi connectivity index (χ2n) is 9.34. The topological polar surface area (TPSA) is 67.6 Å². The minimum Gasteiger partial charge on any atom is -0.497 e. The van der Waals surface area contributed by atoms with Crippen LogP contribution in [0.2, 0.25) is 0 Å². The van der Waals surface area contributed by atoms with Crippen molar-refractivity contribution in [2.45, 2.75) is 20.0 Å². The summed E-state index contributed by atoms with van der Waals surface area (Å²) in [5.41, 5.74) is 4.68. The summed E-state index contributed by atoms with van der Waals surface area (Å²) in [5.74, 6) is 2.29. The smallest absolute Gasteiger partial charge is 0.355 e. The number of aromatic nitrogens is 1. The number of ether oxygens (including phenoxy) is 5. The SMILES string of the molecule is COC(=O)c1c(-c2ccc(OC)cc2)c(-c2ccc(OC)cc2)c2c3cc(OC)c(OC(C)C)cc3ccn12. The van der Waals surface area contributed by atoms with Crippen molar-refractivity contribution in [1.82, 2.24) is 4.40 Å². The van der Waals surface area contributed by atoms with Gasteiger partial charge in [0, 0.05) is 22.7 Å². The average Bonchev–Trinajstić information content (AvgIpc) is 3.31. The van der Waals surface area contributed by atoms with Crippen LogP contribution in [0.15, 0.2) is 72.9 Å². The fourth-order valence-corrected chi connectivity index (χ4v) is 4.96. The molecule has 2 aromatic heterocycles. The highest BCUT2D eigenvalue weighted by atomic mass is 16.5. The summed E-state index contributed by atoms with van der Waals surface area (Å²) in [7, 11) is 6.28. The Morgan fingerprint density at radius 3 is 1.82 bits per heavy atom. The third-order valence-corrected chi connectivity index (χ3v) is 6.70. The lowest BCUT2D eigenvalue weighted by atomic mass is 9.94. The van der Waals surface area contributed by atoms with Gasteiger partial charge in [-0.15, -0.1) is 0 Å². The molecule has 0 N–H and O–H groups in total. The number of hydrogen-bond acceptors (Lipinski definition) is 6. The van der Waals surface area contributed by atoms with Gasteiger partial charge in [-0.2, -0.15) is 0 Å². The van der Waals surface area contributed by atoms with Crippen LogP contribution in [0.4, 0.5) is 0 Å². The number of rotatable bonds is 8. The van der Waals surface area contributed by atoms with Crippen LogP contribution in [0.1, 0.15) is 24.3 Å². The van der Waals surface area contributed by atoms with E-state index >= 15 is 0 Å². The molecule has 5 rings (SSSR count). The van der Waals surface area contributed by atoms with Crippen LogP contribution < -0.4 is 18.9 Å². The summed E-state index contributed by atoms with van der Waals surface area (Å²) >= 11 is 0. The Labute approximate surface area is 227 Å². The molecule has 0 bridgehead atoms. The Morgan fingerprint density at radius 2 is 1.31 bits per heavy atom. The van der Waals surface area contributed by atoms with E-state index in [1.54, 1.807) is 21.3 Å². The van der Waals surface area contributed by atoms with E-state index < -0.39 is 5.97 Å². The van der Waals surface area contributed by atoms with Crippen LogP contribution >= 0.6 is 0 Å². The second kappa shape index (κ2) is 10.6. The normalized spacial score (nSPS) is 11.2. The Bertz CT molecular complexity index is 1650. The molecule has 200 valence electrons. The first-order valence-corrected chi connectivity index (χ1v) is 12.6. The fourth-order valence-electron chi connectivity index (χ4n) is 4.96. The van der Waals surface area contributed by atoms with E-state index in [0.717, 1.165) is 50.0 Å². The van der Waals surface area contributed by atoms with Gasteiger partial charge in [-0.05, 0) is 72.8 Å². The molecule has 5 aromatic rings. The minimum atomic E-state index is -0.443. The lowest BCUT2D eigenvalue weighted by Gasteiger charge is -2.15. The predicted molar refractivity (Wildman–Crippen MR) is 153 cm³/mol. The van der Waals surface area contributed by atoms with Crippen LogP contribution in [0, 0.1) is 0 Å². The van der Waals surface area contributed by atoms with Gasteiger partial charge < -0.3 is 28.1 Å². The zero-order chi connectivity index (χ0) is 27.7. The van der Waals surface area contributed by atoms with Gasteiger partial charge >= 0.3 is 5.97 Å². The molecule has 0 radical (unpaired) electrons. The van der Waals surface area contributed by atoms with E-state index in [-0.39, 0.29) is 6.10 Å². The number of pyridine rings is 1. The zero-order valence-corrected chi connectivity index (χ0v) is 22.9. The molecule has 0 aliphatic rings. The van der Waals surface area contributed by atoms with E-state index in [1.165, 1.54) is 7.11 Å². The molecule has 0 unspecified atom stereocenters. The number of carbonyl (C=O) groups is 1. The average molecular weight is 526 g/mol. The highest BCUT2D eigenvalue weighted by Gasteiger charge is 2.28. The number of methoxy groups -OCH3 is 4. The molecular formula is C32H31NO6. The molecule has 0 fully saturated rings. The quantitative estimate of drug-likeness (QED) is 0.203. The van der Waals surface area contributed by atoms with Crippen molar-refractivity contribution in [1.29, 1.82) is 0 Å². The third-order valence-electron chi connectivity index (χ3n) is 6.70. The first-order valence-electron chi connectivity index (χ1n) is 12.6. The minimum absolute atomic E-state index is 0.0177. The molecule has 7 nitrogen and oxygen atoms in total. The summed E-state index contributed by atoms with van der Waals surface area (Å²) in [6.45, 7) is 3.96. The van der Waals surface area contributed by atoms with E-state index in [0.29, 0.717) is 17.2 Å². The van der Waals surface area contributed by atoms with Crippen molar-refractivity contribution in [3.8, 4) is 45.3 Å². The molecule has 7 heteroatoms. The van der Waals surface area contributed by atoms with Crippen molar-refractivity contribution in [2.75, 3.05) is 28.4 Å². The summed E-state index contributed by atoms with van der Waals surface area (Å²) in [5, 5.41) is 1.85. The maximum absolute atomic E-state index is 13.4. The predicted octanol–water partition coefficient (Wildman–Crippen LogP) is 7.03. The van der Waals surface area contributed by atoms with Crippen molar-refractivity contribution in [2.24, 2.45) is 0 Å². The van der Waals surface area contributed by atoms with E-state index in [9.17, 15) is 4.79 Å². The number of benzene rings is 3. The molecular weight excluding hydrogens is 494 g/mol. The molecule has 3 aromatic carbocycles. The van der Waals surface area contributed by atoms with Gasteiger partial charge in [0.1, 0.15) is 17.2 Å². The van der Waals surface area contributed by atoms with Crippen LogP contribution in [0.5, 0.6) is 23.0 Å². The van der Waals surface area contributed by atoms with Gasteiger partial charge in [-0.25, -0.2) is 4.79 Å². The van der Waals surface area contributed by atoms with Gasteiger partial charge in [0.2, 0.25) is 0 Å². The van der Waals surface area contributed by atoms with Gasteiger partial charge in [-0.3, -0.25) is 0 Å². The van der Waals surface area contributed by atoms with Crippen LogP contribution in [-0.4, -0.2) is 44.9 Å². The highest BCUT2D eigenvalue weighted by Crippen LogP contribution is 2.45. The molecule has 39 heavy (non-hydrogen) atoms. The lowest BCUT2D eigenvalue weighted by molar-refractivity contribution is 0.0594. The fraction of sp³-hybridized carbons (Fsp3) is 0.219. The first kappa shape index (κ1) is 26.0. The Kier molecular flexibility index (Phi) is 7.07. The maximum atomic E-state index is 13.4. The van der Waals surface area contributed by atoms with E-state index in [1.807, 2.05) is 91.2 Å². The largest absolute Gasteiger partial charge is 0.497 e. The molecule has 0 amide bonds. The molecule has 2 heterocycles. The first-order chi connectivity index (χ1) is 18.9. The van der Waals surface area contributed by atoms with Crippen molar-refractivity contribution in [3.05, 3.63) is 78.6 Å². The van der Waals surface area contributed by atoms with Crippen LogP contribution in [0.25, 0.3) is 38.5 Å². The van der Waals surface area contributed by atoms with Crippen molar-refractivity contribution in [3.63, 3.8) is 0 Å². The Hall–Kier alpha value is -4.65. The number of hydrogen-bond donors (Lipinski definition) is 0. The zero-order valence-electron chi connectivity index (χ0n) is 22.9. The standard InChI is InChI=1S/C32H31NO6/c1-19(2)39-27-17-22-15-16-33-30(25(22)18-26(27)37-5)28(20-7-11-23(35-3)12-8-20)29(31(33)32(34)38-6)21-9-13-24(36-4)14-10-21/h7-19H,1-6H3. The molecule has 0 aliphatic heterocycles. The third kappa shape index (κ3) is 4.61. The van der Waals surface area contributed by atoms with E-state index in [4.69, 9.17) is 23.7 Å². The van der Waals surface area contributed by atoms with Crippen molar-refractivity contribution < 1.29 is 28.5 Å². The highest BCUT2D eigenvalue weighted by molar-refractivity contribution is 6.14. The monoisotopic (exact) mass is 525 g/mol. The summed E-state index contributed by atoms with van der Waals surface area (Å²) in [6.07, 6.45) is 1.88. The number of carbonyl (C=O) groups excluding carboxylic acids is 1.